The Morgan fingerprint density at radius 2 is 1.82 bits per heavy atom. The standard InChI is InChI=1S/C17H23F2N3O6/c1-26-9-12(20)15(24)21-7-14(23)22-13(10-28-17(18)19)16(25)27-8-11-5-3-2-4-6-11/h2-6,12-13,17H,7-10,20H2,1H3,(H,21,24)(H,22,23)/t12-,13-/m0/s1. The van der Waals surface area contributed by atoms with Crippen LogP contribution in [0.1, 0.15) is 5.56 Å². The van der Waals surface area contributed by atoms with Gasteiger partial charge in [0.1, 0.15) is 12.6 Å². The number of esters is 1. The summed E-state index contributed by atoms with van der Waals surface area (Å²) in [5.41, 5.74) is 6.17. The van der Waals surface area contributed by atoms with Crippen LogP contribution in [-0.2, 0) is 35.2 Å². The molecule has 0 heterocycles. The van der Waals surface area contributed by atoms with E-state index in [2.05, 4.69) is 15.4 Å². The van der Waals surface area contributed by atoms with Gasteiger partial charge >= 0.3 is 12.6 Å². The van der Waals surface area contributed by atoms with E-state index in [9.17, 15) is 23.2 Å². The molecule has 9 nitrogen and oxygen atoms in total. The predicted octanol–water partition coefficient (Wildman–Crippen LogP) is -0.456. The molecule has 0 bridgehead atoms. The zero-order valence-electron chi connectivity index (χ0n) is 15.2. The summed E-state index contributed by atoms with van der Waals surface area (Å²) in [6.45, 7) is -4.61. The molecule has 156 valence electrons. The number of halogens is 2. The van der Waals surface area contributed by atoms with E-state index in [1.165, 1.54) is 7.11 Å². The second kappa shape index (κ2) is 12.7. The molecule has 0 spiro atoms. The van der Waals surface area contributed by atoms with Gasteiger partial charge in [-0.3, -0.25) is 9.59 Å². The molecule has 1 rings (SSSR count). The number of rotatable bonds is 12. The lowest BCUT2D eigenvalue weighted by Gasteiger charge is -2.18. The maximum absolute atomic E-state index is 12.3. The SMILES string of the molecule is COC[C@H](N)C(=O)NCC(=O)N[C@@H](COC(F)F)C(=O)OCc1ccccc1. The lowest BCUT2D eigenvalue weighted by atomic mass is 10.2. The molecule has 1 aromatic rings. The minimum absolute atomic E-state index is 0.0515. The first-order chi connectivity index (χ1) is 13.3. The van der Waals surface area contributed by atoms with Crippen molar-refractivity contribution in [1.82, 2.24) is 10.6 Å². The molecule has 2 atom stereocenters. The molecule has 4 N–H and O–H groups in total. The molecule has 1 aromatic carbocycles. The predicted molar refractivity (Wildman–Crippen MR) is 93.0 cm³/mol. The van der Waals surface area contributed by atoms with Gasteiger partial charge in [0.2, 0.25) is 11.8 Å². The number of nitrogens with one attached hydrogen (secondary N) is 2. The summed E-state index contributed by atoms with van der Waals surface area (Å²) < 4.78 is 38.4. The maximum Gasteiger partial charge on any atom is 0.345 e. The van der Waals surface area contributed by atoms with Gasteiger partial charge in [0.25, 0.3) is 0 Å². The first-order valence-electron chi connectivity index (χ1n) is 8.25. The zero-order chi connectivity index (χ0) is 20.9. The second-order valence-electron chi connectivity index (χ2n) is 5.59. The van der Waals surface area contributed by atoms with Gasteiger partial charge in [-0.1, -0.05) is 30.3 Å². The van der Waals surface area contributed by atoms with Crippen LogP contribution in [0.15, 0.2) is 30.3 Å². The van der Waals surface area contributed by atoms with Crippen LogP contribution in [0.4, 0.5) is 8.78 Å². The molecule has 0 aliphatic heterocycles. The van der Waals surface area contributed by atoms with Crippen molar-refractivity contribution < 1.29 is 37.4 Å². The average Bonchev–Trinajstić information content (AvgIpc) is 2.68. The van der Waals surface area contributed by atoms with Gasteiger partial charge in [0.15, 0.2) is 6.04 Å². The molecular formula is C17H23F2N3O6. The highest BCUT2D eigenvalue weighted by molar-refractivity contribution is 5.89. The van der Waals surface area contributed by atoms with Crippen molar-refractivity contribution >= 4 is 17.8 Å². The van der Waals surface area contributed by atoms with E-state index in [-0.39, 0.29) is 13.2 Å². The summed E-state index contributed by atoms with van der Waals surface area (Å²) in [5.74, 6) is -2.42. The first kappa shape index (κ1) is 23.4. The lowest BCUT2D eigenvalue weighted by molar-refractivity contribution is -0.161. The van der Waals surface area contributed by atoms with Gasteiger partial charge in [-0.25, -0.2) is 4.79 Å². The fraction of sp³-hybridized carbons (Fsp3) is 0.471. The molecule has 0 aromatic heterocycles. The van der Waals surface area contributed by atoms with Crippen LogP contribution in [0.3, 0.4) is 0 Å². The summed E-state index contributed by atoms with van der Waals surface area (Å²) in [7, 11) is 1.36. The van der Waals surface area contributed by atoms with E-state index < -0.39 is 49.6 Å². The monoisotopic (exact) mass is 403 g/mol. The van der Waals surface area contributed by atoms with Crippen LogP contribution >= 0.6 is 0 Å². The van der Waals surface area contributed by atoms with E-state index in [4.69, 9.17) is 15.2 Å². The number of alkyl halides is 2. The van der Waals surface area contributed by atoms with Crippen molar-refractivity contribution in [2.24, 2.45) is 5.73 Å². The van der Waals surface area contributed by atoms with Gasteiger partial charge in [0, 0.05) is 7.11 Å². The highest BCUT2D eigenvalue weighted by Crippen LogP contribution is 2.04. The summed E-state index contributed by atoms with van der Waals surface area (Å²) in [6, 6.07) is 6.20. The van der Waals surface area contributed by atoms with Crippen molar-refractivity contribution in [3.05, 3.63) is 35.9 Å². The van der Waals surface area contributed by atoms with Gasteiger partial charge < -0.3 is 30.6 Å². The van der Waals surface area contributed by atoms with E-state index in [0.29, 0.717) is 5.56 Å². The number of hydrogen-bond donors (Lipinski definition) is 3. The molecule has 2 amide bonds. The number of carbonyl (C=O) groups excluding carboxylic acids is 3. The van der Waals surface area contributed by atoms with Gasteiger partial charge in [0.05, 0.1) is 19.8 Å². The fourth-order valence-electron chi connectivity index (χ4n) is 1.97. The summed E-state index contributed by atoms with van der Waals surface area (Å²) in [6.07, 6.45) is 0. The van der Waals surface area contributed by atoms with E-state index in [0.717, 1.165) is 0 Å². The Morgan fingerprint density at radius 1 is 1.14 bits per heavy atom. The smallest absolute Gasteiger partial charge is 0.345 e. The van der Waals surface area contributed by atoms with Crippen molar-refractivity contribution in [3.63, 3.8) is 0 Å². The van der Waals surface area contributed by atoms with E-state index in [1.807, 2.05) is 0 Å². The van der Waals surface area contributed by atoms with Crippen molar-refractivity contribution in [1.29, 1.82) is 0 Å². The van der Waals surface area contributed by atoms with Crippen LogP contribution in [0, 0.1) is 0 Å². The van der Waals surface area contributed by atoms with Gasteiger partial charge in [-0.2, -0.15) is 8.78 Å². The molecule has 0 saturated carbocycles. The largest absolute Gasteiger partial charge is 0.459 e. The Bertz CT molecular complexity index is 633. The topological polar surface area (TPSA) is 129 Å². The molecule has 28 heavy (non-hydrogen) atoms. The second-order valence-corrected chi connectivity index (χ2v) is 5.59. The Kier molecular flexibility index (Phi) is 10.6. The number of hydrogen-bond acceptors (Lipinski definition) is 7. The summed E-state index contributed by atoms with van der Waals surface area (Å²) >= 11 is 0. The third kappa shape index (κ3) is 9.35. The molecule has 0 fully saturated rings. The number of ether oxygens (including phenoxy) is 3. The van der Waals surface area contributed by atoms with E-state index in [1.54, 1.807) is 30.3 Å². The van der Waals surface area contributed by atoms with Crippen LogP contribution < -0.4 is 16.4 Å². The van der Waals surface area contributed by atoms with Crippen molar-refractivity contribution in [2.75, 3.05) is 26.9 Å². The molecule has 0 unspecified atom stereocenters. The summed E-state index contributed by atoms with van der Waals surface area (Å²) in [5, 5.41) is 4.41. The molecule has 11 heteroatoms. The highest BCUT2D eigenvalue weighted by Gasteiger charge is 2.25. The minimum atomic E-state index is -3.13. The van der Waals surface area contributed by atoms with E-state index >= 15 is 0 Å². The number of methoxy groups -OCH3 is 1. The third-order valence-corrected chi connectivity index (χ3v) is 3.34. The Morgan fingerprint density at radius 3 is 2.43 bits per heavy atom. The van der Waals surface area contributed by atoms with Gasteiger partial charge in [-0.15, -0.1) is 0 Å². The van der Waals surface area contributed by atoms with Gasteiger partial charge in [-0.05, 0) is 5.56 Å². The number of nitrogens with two attached hydrogens (primary N) is 1. The maximum atomic E-state index is 12.3. The quantitative estimate of drug-likeness (QED) is 0.403. The first-order valence-corrected chi connectivity index (χ1v) is 8.25. The fourth-order valence-corrected chi connectivity index (χ4v) is 1.97. The lowest BCUT2D eigenvalue weighted by Crippen LogP contribution is -2.51. The number of carbonyl (C=O) groups is 3. The van der Waals surface area contributed by atoms with Crippen LogP contribution in [0.25, 0.3) is 0 Å². The normalized spacial score (nSPS) is 12.9. The van der Waals surface area contributed by atoms with Crippen molar-refractivity contribution in [2.45, 2.75) is 25.3 Å². The molecule has 0 saturated heterocycles. The molecule has 0 aliphatic carbocycles. The molecule has 0 aliphatic rings. The average molecular weight is 403 g/mol. The van der Waals surface area contributed by atoms with Crippen LogP contribution in [0.2, 0.25) is 0 Å². The summed E-state index contributed by atoms with van der Waals surface area (Å²) in [4.78, 5) is 35.6. The minimum Gasteiger partial charge on any atom is -0.459 e. The Hall–Kier alpha value is -2.63. The Balaban J connectivity index is 2.56. The number of benzene rings is 1. The Labute approximate surface area is 160 Å². The molecular weight excluding hydrogens is 380 g/mol. The third-order valence-electron chi connectivity index (χ3n) is 3.34. The van der Waals surface area contributed by atoms with Crippen molar-refractivity contribution in [3.8, 4) is 0 Å². The number of amides is 2. The molecule has 0 radical (unpaired) electrons. The zero-order valence-corrected chi connectivity index (χ0v) is 15.2. The van der Waals surface area contributed by atoms with Crippen LogP contribution in [0.5, 0.6) is 0 Å². The van der Waals surface area contributed by atoms with Crippen LogP contribution in [-0.4, -0.2) is 63.3 Å². The highest BCUT2D eigenvalue weighted by atomic mass is 19.3.